The molecule has 0 aromatic carbocycles. The lowest BCUT2D eigenvalue weighted by molar-refractivity contribution is -0.122. The van der Waals surface area contributed by atoms with Crippen LogP contribution in [0, 0.1) is 5.92 Å². The quantitative estimate of drug-likeness (QED) is 0.678. The van der Waals surface area contributed by atoms with Gasteiger partial charge in [-0.25, -0.2) is 0 Å². The van der Waals surface area contributed by atoms with Gasteiger partial charge in [-0.3, -0.25) is 9.69 Å². The van der Waals surface area contributed by atoms with Crippen molar-refractivity contribution in [3.05, 3.63) is 0 Å². The van der Waals surface area contributed by atoms with Crippen LogP contribution >= 0.6 is 0 Å². The van der Waals surface area contributed by atoms with Gasteiger partial charge < -0.3 is 10.6 Å². The van der Waals surface area contributed by atoms with Crippen molar-refractivity contribution in [3.63, 3.8) is 0 Å². The van der Waals surface area contributed by atoms with Crippen LogP contribution in [0.3, 0.4) is 0 Å². The minimum atomic E-state index is 0.124. The molecular weight excluding hydrogens is 190 g/mol. The van der Waals surface area contributed by atoms with Crippen molar-refractivity contribution in [2.24, 2.45) is 5.92 Å². The van der Waals surface area contributed by atoms with Crippen LogP contribution in [0.25, 0.3) is 0 Å². The first kappa shape index (κ1) is 12.5. The largest absolute Gasteiger partial charge is 0.358 e. The van der Waals surface area contributed by atoms with Crippen LogP contribution < -0.4 is 10.6 Å². The fourth-order valence-electron chi connectivity index (χ4n) is 2.09. The molecule has 1 fully saturated rings. The third kappa shape index (κ3) is 4.62. The lowest BCUT2D eigenvalue weighted by Gasteiger charge is -2.32. The zero-order valence-corrected chi connectivity index (χ0v) is 9.88. The number of hydrogen-bond acceptors (Lipinski definition) is 3. The molecule has 0 spiro atoms. The number of amides is 1. The SMILES string of the molecule is CCNCC1CCCN(CC(=O)NC)C1. The summed E-state index contributed by atoms with van der Waals surface area (Å²) >= 11 is 0. The van der Waals surface area contributed by atoms with Crippen LogP contribution in [0.1, 0.15) is 19.8 Å². The van der Waals surface area contributed by atoms with E-state index in [2.05, 4.69) is 22.5 Å². The first-order valence-corrected chi connectivity index (χ1v) is 5.90. The molecule has 1 rings (SSSR count). The highest BCUT2D eigenvalue weighted by Gasteiger charge is 2.20. The summed E-state index contributed by atoms with van der Waals surface area (Å²) in [6.07, 6.45) is 2.50. The summed E-state index contributed by atoms with van der Waals surface area (Å²) < 4.78 is 0. The van der Waals surface area contributed by atoms with Crippen molar-refractivity contribution in [2.45, 2.75) is 19.8 Å². The van der Waals surface area contributed by atoms with Crippen LogP contribution in [0.15, 0.2) is 0 Å². The van der Waals surface area contributed by atoms with E-state index in [0.717, 1.165) is 26.2 Å². The Bertz CT molecular complexity index is 196. The molecule has 1 aliphatic heterocycles. The van der Waals surface area contributed by atoms with E-state index in [4.69, 9.17) is 0 Å². The van der Waals surface area contributed by atoms with Gasteiger partial charge in [-0.2, -0.15) is 0 Å². The topological polar surface area (TPSA) is 44.4 Å². The van der Waals surface area contributed by atoms with Gasteiger partial charge in [0.1, 0.15) is 0 Å². The van der Waals surface area contributed by atoms with Gasteiger partial charge in [0, 0.05) is 13.6 Å². The average molecular weight is 213 g/mol. The van der Waals surface area contributed by atoms with Gasteiger partial charge in [-0.05, 0) is 38.4 Å². The number of likely N-dealkylation sites (N-methyl/N-ethyl adjacent to an activating group) is 1. The number of hydrogen-bond donors (Lipinski definition) is 2. The van der Waals surface area contributed by atoms with E-state index in [-0.39, 0.29) is 5.91 Å². The maximum atomic E-state index is 11.2. The molecule has 1 atom stereocenters. The second-order valence-electron chi connectivity index (χ2n) is 4.22. The summed E-state index contributed by atoms with van der Waals surface area (Å²) in [5, 5.41) is 6.05. The number of rotatable bonds is 5. The highest BCUT2D eigenvalue weighted by Crippen LogP contribution is 2.15. The van der Waals surface area contributed by atoms with Crippen LogP contribution in [-0.2, 0) is 4.79 Å². The zero-order valence-electron chi connectivity index (χ0n) is 9.88. The molecule has 1 unspecified atom stereocenters. The van der Waals surface area contributed by atoms with E-state index in [0.29, 0.717) is 12.5 Å². The zero-order chi connectivity index (χ0) is 11.1. The van der Waals surface area contributed by atoms with Crippen molar-refractivity contribution in [3.8, 4) is 0 Å². The molecule has 1 amide bonds. The van der Waals surface area contributed by atoms with Crippen molar-refractivity contribution in [1.82, 2.24) is 15.5 Å². The second kappa shape index (κ2) is 6.80. The molecule has 15 heavy (non-hydrogen) atoms. The highest BCUT2D eigenvalue weighted by molar-refractivity contribution is 5.77. The number of carbonyl (C=O) groups is 1. The summed E-state index contributed by atoms with van der Waals surface area (Å²) in [7, 11) is 1.70. The Labute approximate surface area is 92.4 Å². The normalized spacial score (nSPS) is 22.7. The van der Waals surface area contributed by atoms with Gasteiger partial charge in [0.15, 0.2) is 0 Å². The number of nitrogens with zero attached hydrogens (tertiary/aromatic N) is 1. The predicted octanol–water partition coefficient (Wildman–Crippen LogP) is 0.0539. The van der Waals surface area contributed by atoms with Gasteiger partial charge in [0.25, 0.3) is 0 Å². The molecular formula is C11H23N3O. The number of carbonyl (C=O) groups excluding carboxylic acids is 1. The summed E-state index contributed by atoms with van der Waals surface area (Å²) in [6.45, 7) is 6.92. The predicted molar refractivity (Wildman–Crippen MR) is 61.8 cm³/mol. The Kier molecular flexibility index (Phi) is 5.65. The smallest absolute Gasteiger partial charge is 0.233 e. The lowest BCUT2D eigenvalue weighted by Crippen LogP contribution is -2.44. The molecule has 4 heteroatoms. The molecule has 0 radical (unpaired) electrons. The highest BCUT2D eigenvalue weighted by atomic mass is 16.1. The molecule has 2 N–H and O–H groups in total. The molecule has 0 bridgehead atoms. The van der Waals surface area contributed by atoms with Crippen LogP contribution in [0.4, 0.5) is 0 Å². The van der Waals surface area contributed by atoms with E-state index in [9.17, 15) is 4.79 Å². The summed E-state index contributed by atoms with van der Waals surface area (Å²) in [4.78, 5) is 13.5. The monoisotopic (exact) mass is 213 g/mol. The van der Waals surface area contributed by atoms with Crippen molar-refractivity contribution in [2.75, 3.05) is 39.8 Å². The molecule has 0 aliphatic carbocycles. The average Bonchev–Trinajstić information content (AvgIpc) is 2.26. The Morgan fingerprint density at radius 1 is 1.53 bits per heavy atom. The number of nitrogens with one attached hydrogen (secondary N) is 2. The molecule has 88 valence electrons. The van der Waals surface area contributed by atoms with E-state index in [1.54, 1.807) is 7.05 Å². The molecule has 0 aromatic rings. The van der Waals surface area contributed by atoms with E-state index in [1.807, 2.05) is 0 Å². The summed E-state index contributed by atoms with van der Waals surface area (Å²) in [5.41, 5.74) is 0. The van der Waals surface area contributed by atoms with E-state index in [1.165, 1.54) is 12.8 Å². The Hall–Kier alpha value is -0.610. The van der Waals surface area contributed by atoms with Crippen molar-refractivity contribution in [1.29, 1.82) is 0 Å². The van der Waals surface area contributed by atoms with Crippen LogP contribution in [0.5, 0.6) is 0 Å². The first-order valence-electron chi connectivity index (χ1n) is 5.90. The van der Waals surface area contributed by atoms with E-state index >= 15 is 0 Å². The first-order chi connectivity index (χ1) is 7.26. The van der Waals surface area contributed by atoms with Crippen molar-refractivity contribution >= 4 is 5.91 Å². The standard InChI is InChI=1S/C11H23N3O/c1-3-13-7-10-5-4-6-14(8-10)9-11(15)12-2/h10,13H,3-9H2,1-2H3,(H,12,15). The molecule has 0 aromatic heterocycles. The lowest BCUT2D eigenvalue weighted by atomic mass is 9.98. The van der Waals surface area contributed by atoms with Crippen LogP contribution in [0.2, 0.25) is 0 Å². The van der Waals surface area contributed by atoms with Gasteiger partial charge >= 0.3 is 0 Å². The summed E-state index contributed by atoms with van der Waals surface area (Å²) in [6, 6.07) is 0. The van der Waals surface area contributed by atoms with Gasteiger partial charge in [0.2, 0.25) is 5.91 Å². The molecule has 0 saturated carbocycles. The Morgan fingerprint density at radius 2 is 2.33 bits per heavy atom. The molecule has 1 heterocycles. The number of likely N-dealkylation sites (tertiary alicyclic amines) is 1. The minimum Gasteiger partial charge on any atom is -0.358 e. The van der Waals surface area contributed by atoms with Gasteiger partial charge in [-0.1, -0.05) is 6.92 Å². The fraction of sp³-hybridized carbons (Fsp3) is 0.909. The van der Waals surface area contributed by atoms with Crippen LogP contribution in [-0.4, -0.2) is 50.6 Å². The second-order valence-corrected chi connectivity index (χ2v) is 4.22. The van der Waals surface area contributed by atoms with Crippen molar-refractivity contribution < 1.29 is 4.79 Å². The molecule has 4 nitrogen and oxygen atoms in total. The maximum Gasteiger partial charge on any atom is 0.233 e. The molecule has 1 aliphatic rings. The van der Waals surface area contributed by atoms with Gasteiger partial charge in [0.05, 0.1) is 6.54 Å². The third-order valence-electron chi connectivity index (χ3n) is 2.93. The van der Waals surface area contributed by atoms with E-state index < -0.39 is 0 Å². The van der Waals surface area contributed by atoms with Gasteiger partial charge in [-0.15, -0.1) is 0 Å². The Balaban J connectivity index is 2.25. The fourth-order valence-corrected chi connectivity index (χ4v) is 2.09. The maximum absolute atomic E-state index is 11.2. The molecule has 1 saturated heterocycles. The third-order valence-corrected chi connectivity index (χ3v) is 2.93. The number of piperidine rings is 1. The summed E-state index contributed by atoms with van der Waals surface area (Å²) in [5.74, 6) is 0.836. The minimum absolute atomic E-state index is 0.124. The Morgan fingerprint density at radius 3 is 3.00 bits per heavy atom.